The molecule has 0 saturated heterocycles. The highest BCUT2D eigenvalue weighted by atomic mass is 16.4. The molecule has 1 aromatic rings. The number of carboxylic acid groups (broad SMARTS) is 1. The second-order valence-corrected chi connectivity index (χ2v) is 2.64. The first-order valence-corrected chi connectivity index (χ1v) is 3.79. The number of hydrogen-bond acceptors (Lipinski definition) is 4. The van der Waals surface area contributed by atoms with Gasteiger partial charge in [-0.25, -0.2) is 4.79 Å². The van der Waals surface area contributed by atoms with E-state index in [4.69, 9.17) is 16.1 Å². The van der Waals surface area contributed by atoms with Crippen molar-refractivity contribution in [2.45, 2.75) is 6.54 Å². The van der Waals surface area contributed by atoms with E-state index in [0.29, 0.717) is 0 Å². The minimum Gasteiger partial charge on any atom is -0.508 e. The molecule has 0 saturated carbocycles. The second-order valence-electron chi connectivity index (χ2n) is 2.64. The van der Waals surface area contributed by atoms with Gasteiger partial charge in [-0.05, 0) is 12.1 Å². The molecule has 5 nitrogen and oxygen atoms in total. The third-order valence-corrected chi connectivity index (χ3v) is 1.79. The molecule has 0 radical (unpaired) electrons. The van der Waals surface area contributed by atoms with Crippen molar-refractivity contribution in [3.63, 3.8) is 0 Å². The fourth-order valence-electron chi connectivity index (χ4n) is 1.13. The highest BCUT2D eigenvalue weighted by Gasteiger charge is 2.14. The summed E-state index contributed by atoms with van der Waals surface area (Å²) in [7, 11) is 0. The van der Waals surface area contributed by atoms with Crippen molar-refractivity contribution in [3.05, 3.63) is 28.8 Å². The number of carboxylic acids is 1. The Kier molecular flexibility index (Phi) is 2.70. The van der Waals surface area contributed by atoms with Crippen LogP contribution in [0.3, 0.4) is 0 Å². The molecule has 0 amide bonds. The average Bonchev–Trinajstić information content (AvgIpc) is 2.16. The molecule has 1 rings (SSSR count). The maximum Gasteiger partial charge on any atom is 0.336 e. The minimum atomic E-state index is -1.21. The van der Waals surface area contributed by atoms with Gasteiger partial charge in [-0.15, -0.1) is 0 Å². The van der Waals surface area contributed by atoms with Crippen LogP contribution in [-0.2, 0) is 6.54 Å². The van der Waals surface area contributed by atoms with Gasteiger partial charge in [0.1, 0.15) is 5.75 Å². The summed E-state index contributed by atoms with van der Waals surface area (Å²) >= 11 is 0. The predicted molar refractivity (Wildman–Crippen MR) is 47.7 cm³/mol. The summed E-state index contributed by atoms with van der Waals surface area (Å²) in [6.45, 7) is -0.0842. The lowest BCUT2D eigenvalue weighted by atomic mass is 10.0. The van der Waals surface area contributed by atoms with E-state index in [-0.39, 0.29) is 29.0 Å². The molecule has 0 aliphatic carbocycles. The molecule has 0 unspecified atom stereocenters. The van der Waals surface area contributed by atoms with Crippen molar-refractivity contribution in [3.8, 4) is 11.8 Å². The van der Waals surface area contributed by atoms with Gasteiger partial charge in [0.2, 0.25) is 0 Å². The van der Waals surface area contributed by atoms with E-state index in [2.05, 4.69) is 0 Å². The van der Waals surface area contributed by atoms with Crippen LogP contribution in [0.1, 0.15) is 21.5 Å². The lowest BCUT2D eigenvalue weighted by Crippen LogP contribution is -2.07. The maximum absolute atomic E-state index is 10.7. The Hall–Kier alpha value is -2.06. The van der Waals surface area contributed by atoms with E-state index in [0.717, 1.165) is 0 Å². The molecule has 0 atom stereocenters. The zero-order valence-corrected chi connectivity index (χ0v) is 7.19. The van der Waals surface area contributed by atoms with Crippen LogP contribution in [0, 0.1) is 11.3 Å². The molecule has 72 valence electrons. The van der Waals surface area contributed by atoms with E-state index in [9.17, 15) is 9.90 Å². The van der Waals surface area contributed by atoms with Crippen LogP contribution in [0.25, 0.3) is 0 Å². The molecular weight excluding hydrogens is 184 g/mol. The number of nitrogens with zero attached hydrogens (tertiary/aromatic N) is 1. The summed E-state index contributed by atoms with van der Waals surface area (Å²) in [6, 6.07) is 4.12. The van der Waals surface area contributed by atoms with Crippen LogP contribution in [0.15, 0.2) is 12.1 Å². The van der Waals surface area contributed by atoms with Crippen LogP contribution in [0.4, 0.5) is 0 Å². The molecule has 0 fully saturated rings. The van der Waals surface area contributed by atoms with E-state index >= 15 is 0 Å². The van der Waals surface area contributed by atoms with Crippen LogP contribution >= 0.6 is 0 Å². The summed E-state index contributed by atoms with van der Waals surface area (Å²) < 4.78 is 0. The van der Waals surface area contributed by atoms with Gasteiger partial charge >= 0.3 is 5.97 Å². The van der Waals surface area contributed by atoms with Gasteiger partial charge in [0, 0.05) is 12.1 Å². The highest BCUT2D eigenvalue weighted by Crippen LogP contribution is 2.22. The monoisotopic (exact) mass is 192 g/mol. The third-order valence-electron chi connectivity index (χ3n) is 1.79. The fourth-order valence-corrected chi connectivity index (χ4v) is 1.13. The predicted octanol–water partition coefficient (Wildman–Crippen LogP) is 0.421. The molecule has 0 heterocycles. The topological polar surface area (TPSA) is 107 Å². The second kappa shape index (κ2) is 3.77. The Morgan fingerprint density at radius 3 is 2.64 bits per heavy atom. The number of phenols is 1. The quantitative estimate of drug-likeness (QED) is 0.629. The molecule has 0 aliphatic heterocycles. The fraction of sp³-hybridized carbons (Fsp3) is 0.111. The van der Waals surface area contributed by atoms with Crippen molar-refractivity contribution < 1.29 is 15.0 Å². The smallest absolute Gasteiger partial charge is 0.336 e. The molecule has 0 aliphatic rings. The number of nitrogens with two attached hydrogens (primary N) is 1. The molecular formula is C9H8N2O3. The van der Waals surface area contributed by atoms with Crippen LogP contribution < -0.4 is 5.73 Å². The maximum atomic E-state index is 10.7. The first kappa shape index (κ1) is 10.0. The lowest BCUT2D eigenvalue weighted by molar-refractivity contribution is 0.0695. The number of aromatic hydroxyl groups is 1. The molecule has 0 aromatic heterocycles. The zero-order chi connectivity index (χ0) is 10.7. The number of nitriles is 1. The summed E-state index contributed by atoms with van der Waals surface area (Å²) in [5, 5.41) is 26.7. The van der Waals surface area contributed by atoms with Gasteiger partial charge in [0.15, 0.2) is 0 Å². The van der Waals surface area contributed by atoms with Crippen LogP contribution in [-0.4, -0.2) is 16.2 Å². The van der Waals surface area contributed by atoms with Crippen molar-refractivity contribution in [2.24, 2.45) is 5.73 Å². The van der Waals surface area contributed by atoms with Gasteiger partial charge < -0.3 is 15.9 Å². The summed E-state index contributed by atoms with van der Waals surface area (Å²) in [4.78, 5) is 10.7. The minimum absolute atomic E-state index is 0.0842. The number of hydrogen-bond donors (Lipinski definition) is 3. The van der Waals surface area contributed by atoms with Gasteiger partial charge in [-0.2, -0.15) is 5.26 Å². The summed E-state index contributed by atoms with van der Waals surface area (Å²) in [6.07, 6.45) is 0. The van der Waals surface area contributed by atoms with Gasteiger partial charge in [0.05, 0.1) is 17.2 Å². The van der Waals surface area contributed by atoms with Crippen molar-refractivity contribution in [2.75, 3.05) is 0 Å². The Bertz CT molecular complexity index is 421. The van der Waals surface area contributed by atoms with E-state index in [1.807, 2.05) is 0 Å². The van der Waals surface area contributed by atoms with E-state index in [1.54, 1.807) is 6.07 Å². The standard InChI is InChI=1S/C9H8N2O3/c10-3-5-1-6(9(13)14)7(4-11)8(12)2-5/h1-2,12H,4,11H2,(H,13,14). The van der Waals surface area contributed by atoms with Gasteiger partial charge in [-0.3, -0.25) is 0 Å². The highest BCUT2D eigenvalue weighted by molar-refractivity contribution is 5.90. The van der Waals surface area contributed by atoms with Crippen LogP contribution in [0.2, 0.25) is 0 Å². The van der Waals surface area contributed by atoms with Gasteiger partial charge in [0.25, 0.3) is 0 Å². The molecule has 5 heteroatoms. The summed E-state index contributed by atoms with van der Waals surface area (Å²) in [5.74, 6) is -1.47. The molecule has 14 heavy (non-hydrogen) atoms. The van der Waals surface area contributed by atoms with E-state index < -0.39 is 5.97 Å². The van der Waals surface area contributed by atoms with Crippen molar-refractivity contribution >= 4 is 5.97 Å². The molecule has 1 aromatic carbocycles. The Balaban J connectivity index is 3.45. The van der Waals surface area contributed by atoms with E-state index in [1.165, 1.54) is 12.1 Å². The molecule has 0 spiro atoms. The first-order valence-electron chi connectivity index (χ1n) is 3.79. The zero-order valence-electron chi connectivity index (χ0n) is 7.19. The first-order chi connectivity index (χ1) is 6.60. The SMILES string of the molecule is N#Cc1cc(O)c(CN)c(C(=O)O)c1. The summed E-state index contributed by atoms with van der Waals surface area (Å²) in [5.41, 5.74) is 5.37. The van der Waals surface area contributed by atoms with Crippen molar-refractivity contribution in [1.29, 1.82) is 5.26 Å². The number of carbonyl (C=O) groups is 1. The Labute approximate surface area is 80.0 Å². The lowest BCUT2D eigenvalue weighted by Gasteiger charge is -2.06. The molecule has 4 N–H and O–H groups in total. The number of benzene rings is 1. The third kappa shape index (κ3) is 1.65. The normalized spacial score (nSPS) is 9.43. The average molecular weight is 192 g/mol. The Morgan fingerprint density at radius 2 is 2.21 bits per heavy atom. The Morgan fingerprint density at radius 1 is 1.57 bits per heavy atom. The number of rotatable bonds is 2. The largest absolute Gasteiger partial charge is 0.508 e. The van der Waals surface area contributed by atoms with Crippen LogP contribution in [0.5, 0.6) is 5.75 Å². The van der Waals surface area contributed by atoms with Crippen molar-refractivity contribution in [1.82, 2.24) is 0 Å². The molecule has 0 bridgehead atoms. The van der Waals surface area contributed by atoms with Gasteiger partial charge in [-0.1, -0.05) is 0 Å². The number of phenolic OH excluding ortho intramolecular Hbond substituents is 1. The number of aromatic carboxylic acids is 1.